The summed E-state index contributed by atoms with van der Waals surface area (Å²) < 4.78 is 26.5. The van der Waals surface area contributed by atoms with Gasteiger partial charge in [-0.1, -0.05) is 6.07 Å². The third-order valence-corrected chi connectivity index (χ3v) is 3.38. The van der Waals surface area contributed by atoms with Crippen molar-refractivity contribution in [2.24, 2.45) is 0 Å². The van der Waals surface area contributed by atoms with Crippen LogP contribution in [-0.4, -0.2) is 29.2 Å². The zero-order chi connectivity index (χ0) is 16.6. The van der Waals surface area contributed by atoms with Gasteiger partial charge < -0.3 is 5.32 Å². The van der Waals surface area contributed by atoms with Crippen molar-refractivity contribution in [2.75, 3.05) is 11.9 Å². The van der Waals surface area contributed by atoms with Gasteiger partial charge in [0.1, 0.15) is 18.2 Å². The molecule has 0 radical (unpaired) electrons. The van der Waals surface area contributed by atoms with Gasteiger partial charge in [0, 0.05) is 5.69 Å². The highest BCUT2D eigenvalue weighted by atomic mass is 19.1. The molecule has 0 saturated carbocycles. The first-order valence-electron chi connectivity index (χ1n) is 6.67. The second-order valence-corrected chi connectivity index (χ2v) is 4.91. The van der Waals surface area contributed by atoms with Crippen LogP contribution < -0.4 is 5.32 Å². The van der Waals surface area contributed by atoms with Crippen LogP contribution in [0.3, 0.4) is 0 Å². The number of fused-ring (bicyclic) bond motifs is 1. The third-order valence-electron chi connectivity index (χ3n) is 3.38. The van der Waals surface area contributed by atoms with Crippen LogP contribution in [0.5, 0.6) is 0 Å². The van der Waals surface area contributed by atoms with Gasteiger partial charge in [-0.15, -0.1) is 0 Å². The smallest absolute Gasteiger partial charge is 0.265 e. The predicted octanol–water partition coefficient (Wildman–Crippen LogP) is 2.20. The first-order chi connectivity index (χ1) is 11.0. The van der Waals surface area contributed by atoms with Gasteiger partial charge in [-0.3, -0.25) is 19.3 Å². The normalized spacial score (nSPS) is 13.2. The molecule has 1 aliphatic heterocycles. The fraction of sp³-hybridized carbons (Fsp3) is 0.0625. The Morgan fingerprint density at radius 1 is 1.00 bits per heavy atom. The molecule has 1 heterocycles. The number of hydrogen-bond acceptors (Lipinski definition) is 3. The molecular weight excluding hydrogens is 306 g/mol. The number of benzene rings is 2. The Kier molecular flexibility index (Phi) is 3.61. The predicted molar refractivity (Wildman–Crippen MR) is 76.8 cm³/mol. The molecule has 0 bridgehead atoms. The number of hydrogen-bond donors (Lipinski definition) is 1. The molecule has 7 heteroatoms. The lowest BCUT2D eigenvalue weighted by Crippen LogP contribution is -2.37. The van der Waals surface area contributed by atoms with Crippen LogP contribution in [0.15, 0.2) is 42.5 Å². The van der Waals surface area contributed by atoms with Gasteiger partial charge in [0.05, 0.1) is 11.1 Å². The summed E-state index contributed by atoms with van der Waals surface area (Å²) >= 11 is 0. The average molecular weight is 316 g/mol. The van der Waals surface area contributed by atoms with E-state index in [1.54, 1.807) is 0 Å². The van der Waals surface area contributed by atoms with E-state index in [1.807, 2.05) is 0 Å². The van der Waals surface area contributed by atoms with E-state index in [9.17, 15) is 23.2 Å². The molecular formula is C16H10F2N2O3. The summed E-state index contributed by atoms with van der Waals surface area (Å²) in [4.78, 5) is 36.8. The van der Waals surface area contributed by atoms with Crippen molar-refractivity contribution < 1.29 is 23.2 Å². The molecule has 3 rings (SSSR count). The molecule has 1 aliphatic rings. The minimum atomic E-state index is -0.850. The molecule has 0 aliphatic carbocycles. The summed E-state index contributed by atoms with van der Waals surface area (Å²) in [5, 5.41) is 2.43. The van der Waals surface area contributed by atoms with Crippen LogP contribution in [0.25, 0.3) is 0 Å². The van der Waals surface area contributed by atoms with Crippen LogP contribution >= 0.6 is 0 Å². The molecule has 0 fully saturated rings. The lowest BCUT2D eigenvalue weighted by atomic mass is 10.1. The summed E-state index contributed by atoms with van der Waals surface area (Å²) in [6, 6.07) is 8.73. The maximum absolute atomic E-state index is 13.7. The van der Waals surface area contributed by atoms with E-state index in [0.717, 1.165) is 18.2 Å². The van der Waals surface area contributed by atoms with Crippen molar-refractivity contribution in [1.82, 2.24) is 4.90 Å². The van der Waals surface area contributed by atoms with E-state index in [1.165, 1.54) is 24.3 Å². The average Bonchev–Trinajstić information content (AvgIpc) is 2.76. The summed E-state index contributed by atoms with van der Waals surface area (Å²) in [5.74, 6) is -3.48. The van der Waals surface area contributed by atoms with Crippen LogP contribution in [-0.2, 0) is 4.79 Å². The second-order valence-electron chi connectivity index (χ2n) is 4.91. The maximum Gasteiger partial charge on any atom is 0.265 e. The van der Waals surface area contributed by atoms with E-state index < -0.39 is 35.9 Å². The Hall–Kier alpha value is -3.09. The van der Waals surface area contributed by atoms with Gasteiger partial charge >= 0.3 is 0 Å². The molecule has 116 valence electrons. The highest BCUT2D eigenvalue weighted by Crippen LogP contribution is 2.25. The van der Waals surface area contributed by atoms with Crippen LogP contribution in [0.1, 0.15) is 20.7 Å². The molecule has 0 atom stereocenters. The lowest BCUT2D eigenvalue weighted by molar-refractivity contribution is -0.116. The van der Waals surface area contributed by atoms with Crippen molar-refractivity contribution in [3.05, 3.63) is 65.2 Å². The van der Waals surface area contributed by atoms with Crippen molar-refractivity contribution in [1.29, 1.82) is 0 Å². The van der Waals surface area contributed by atoms with Gasteiger partial charge in [0.2, 0.25) is 5.91 Å². The molecule has 2 aromatic rings. The molecule has 3 amide bonds. The van der Waals surface area contributed by atoms with Gasteiger partial charge in [-0.25, -0.2) is 8.78 Å². The number of carbonyl (C=O) groups is 3. The zero-order valence-corrected chi connectivity index (χ0v) is 11.7. The first kappa shape index (κ1) is 14.8. The molecule has 0 spiro atoms. The van der Waals surface area contributed by atoms with Crippen molar-refractivity contribution in [2.45, 2.75) is 0 Å². The van der Waals surface area contributed by atoms with Crippen LogP contribution in [0.2, 0.25) is 0 Å². The minimum absolute atomic E-state index is 0.0652. The Labute approximate surface area is 129 Å². The quantitative estimate of drug-likeness (QED) is 0.883. The van der Waals surface area contributed by atoms with Crippen molar-refractivity contribution in [3.63, 3.8) is 0 Å². The number of halogens is 2. The molecule has 0 unspecified atom stereocenters. The van der Waals surface area contributed by atoms with E-state index in [-0.39, 0.29) is 11.1 Å². The minimum Gasteiger partial charge on any atom is -0.325 e. The molecule has 1 N–H and O–H groups in total. The molecule has 2 aromatic carbocycles. The maximum atomic E-state index is 13.7. The number of rotatable bonds is 3. The van der Waals surface area contributed by atoms with E-state index in [0.29, 0.717) is 10.6 Å². The number of anilines is 1. The topological polar surface area (TPSA) is 66.5 Å². The van der Waals surface area contributed by atoms with Gasteiger partial charge in [-0.2, -0.15) is 0 Å². The van der Waals surface area contributed by atoms with Gasteiger partial charge in [0.15, 0.2) is 0 Å². The third kappa shape index (κ3) is 2.68. The Morgan fingerprint density at radius 3 is 2.35 bits per heavy atom. The molecule has 5 nitrogen and oxygen atoms in total. The number of carbonyl (C=O) groups excluding carboxylic acids is 3. The Morgan fingerprint density at radius 2 is 1.70 bits per heavy atom. The molecule has 0 aromatic heterocycles. The highest BCUT2D eigenvalue weighted by Gasteiger charge is 2.38. The molecule has 23 heavy (non-hydrogen) atoms. The number of amides is 3. The van der Waals surface area contributed by atoms with Crippen molar-refractivity contribution in [3.8, 4) is 0 Å². The zero-order valence-electron chi connectivity index (χ0n) is 11.7. The molecule has 0 saturated heterocycles. The summed E-state index contributed by atoms with van der Waals surface area (Å²) in [6.45, 7) is -0.552. The van der Waals surface area contributed by atoms with Crippen LogP contribution in [0, 0.1) is 11.6 Å². The highest BCUT2D eigenvalue weighted by molar-refractivity contribution is 6.22. The Balaban J connectivity index is 1.75. The number of nitrogens with one attached hydrogen (secondary N) is 1. The largest absolute Gasteiger partial charge is 0.325 e. The van der Waals surface area contributed by atoms with E-state index in [2.05, 4.69) is 5.32 Å². The van der Waals surface area contributed by atoms with Crippen molar-refractivity contribution >= 4 is 23.4 Å². The second kappa shape index (κ2) is 5.60. The van der Waals surface area contributed by atoms with Gasteiger partial charge in [0.25, 0.3) is 11.8 Å². The summed E-state index contributed by atoms with van der Waals surface area (Å²) in [5.41, 5.74) is -0.0733. The van der Waals surface area contributed by atoms with E-state index in [4.69, 9.17) is 0 Å². The first-order valence-corrected chi connectivity index (χ1v) is 6.67. The standard InChI is InChI=1S/C16H10F2N2O3/c17-9-4-6-10(7-5-9)19-13(21)8-20-15(22)11-2-1-3-12(18)14(11)16(20)23/h1-7H,8H2,(H,19,21). The lowest BCUT2D eigenvalue weighted by Gasteiger charge is -2.13. The van der Waals surface area contributed by atoms with Crippen LogP contribution in [0.4, 0.5) is 14.5 Å². The fourth-order valence-electron chi connectivity index (χ4n) is 2.31. The van der Waals surface area contributed by atoms with Gasteiger partial charge in [-0.05, 0) is 36.4 Å². The summed E-state index contributed by atoms with van der Waals surface area (Å²) in [6.07, 6.45) is 0. The number of nitrogens with zero attached hydrogens (tertiary/aromatic N) is 1. The van der Waals surface area contributed by atoms with E-state index >= 15 is 0 Å². The Bertz CT molecular complexity index is 819. The SMILES string of the molecule is O=C(CN1C(=O)c2cccc(F)c2C1=O)Nc1ccc(F)cc1. The monoisotopic (exact) mass is 316 g/mol. The fourth-order valence-corrected chi connectivity index (χ4v) is 2.31. The summed E-state index contributed by atoms with van der Waals surface area (Å²) in [7, 11) is 0. The number of imide groups is 1.